The number of nitrogens with zero attached hydrogens (tertiary/aromatic N) is 3. The summed E-state index contributed by atoms with van der Waals surface area (Å²) in [7, 11) is -3.60. The third-order valence-electron chi connectivity index (χ3n) is 5.06. The van der Waals surface area contributed by atoms with Crippen LogP contribution in [-0.4, -0.2) is 68.7 Å². The van der Waals surface area contributed by atoms with Gasteiger partial charge in [-0.2, -0.15) is 0 Å². The minimum absolute atomic E-state index is 0.0180. The number of hydrogen-bond donors (Lipinski definition) is 1. The Morgan fingerprint density at radius 3 is 2.48 bits per heavy atom. The molecule has 8 heteroatoms. The summed E-state index contributed by atoms with van der Waals surface area (Å²) in [6, 6.07) is 6.17. The lowest BCUT2D eigenvalue weighted by Gasteiger charge is -2.35. The molecule has 0 aliphatic carbocycles. The van der Waals surface area contributed by atoms with Crippen LogP contribution in [0.2, 0.25) is 0 Å². The molecule has 0 spiro atoms. The lowest BCUT2D eigenvalue weighted by atomic mass is 10.0. The molecule has 3 rings (SSSR count). The Balaban J connectivity index is 1.86. The Kier molecular flexibility index (Phi) is 5.86. The Bertz CT molecular complexity index is 827. The average Bonchev–Trinajstić information content (AvgIpc) is 2.91. The van der Waals surface area contributed by atoms with Gasteiger partial charge in [0.2, 0.25) is 5.91 Å². The highest BCUT2D eigenvalue weighted by Crippen LogP contribution is 2.24. The first-order chi connectivity index (χ1) is 12.8. The van der Waals surface area contributed by atoms with Crippen molar-refractivity contribution in [3.05, 3.63) is 29.8 Å². The number of carbonyl (C=O) groups excluding carboxylic acids is 1. The summed E-state index contributed by atoms with van der Waals surface area (Å²) in [5.74, 6) is 0.529. The topological polar surface area (TPSA) is 82.1 Å². The van der Waals surface area contributed by atoms with Gasteiger partial charge in [-0.3, -0.25) is 14.5 Å². The molecule has 1 aromatic rings. The smallest absolute Gasteiger partial charge is 0.263 e. The van der Waals surface area contributed by atoms with Gasteiger partial charge in [-0.05, 0) is 31.0 Å². The van der Waals surface area contributed by atoms with E-state index in [9.17, 15) is 13.2 Å². The molecule has 2 heterocycles. The number of aliphatic imine (C=N–C) groups is 1. The average molecular weight is 393 g/mol. The summed E-state index contributed by atoms with van der Waals surface area (Å²) in [5.41, 5.74) is 0.537. The van der Waals surface area contributed by atoms with Crippen LogP contribution in [0.3, 0.4) is 0 Å². The number of likely N-dealkylation sites (N-methyl/N-ethyl adjacent to an activating group) is 1. The van der Waals surface area contributed by atoms with Gasteiger partial charge < -0.3 is 9.80 Å². The van der Waals surface area contributed by atoms with Crippen molar-refractivity contribution in [2.75, 3.05) is 32.7 Å². The van der Waals surface area contributed by atoms with Crippen LogP contribution in [0.25, 0.3) is 0 Å². The van der Waals surface area contributed by atoms with E-state index in [1.165, 1.54) is 0 Å². The summed E-state index contributed by atoms with van der Waals surface area (Å²) in [5, 5.41) is 0. The summed E-state index contributed by atoms with van der Waals surface area (Å²) in [6.07, 6.45) is 0.584. The van der Waals surface area contributed by atoms with Crippen LogP contribution in [0.5, 0.6) is 0 Å². The van der Waals surface area contributed by atoms with E-state index in [2.05, 4.69) is 21.5 Å². The molecule has 1 amide bonds. The number of carbonyl (C=O) groups is 1. The molecule has 1 unspecified atom stereocenters. The highest BCUT2D eigenvalue weighted by Gasteiger charge is 2.33. The number of nitrogens with one attached hydrogen (secondary N) is 1. The molecule has 2 aliphatic heterocycles. The third-order valence-corrected chi connectivity index (χ3v) is 6.46. The first-order valence-electron chi connectivity index (χ1n) is 9.53. The van der Waals surface area contributed by atoms with Crippen LogP contribution in [0.1, 0.15) is 32.8 Å². The molecule has 2 aliphatic rings. The molecule has 1 atom stereocenters. The second kappa shape index (κ2) is 7.98. The van der Waals surface area contributed by atoms with Gasteiger partial charge in [-0.1, -0.05) is 32.9 Å². The first-order valence-corrected chi connectivity index (χ1v) is 11.0. The minimum atomic E-state index is -3.60. The maximum Gasteiger partial charge on any atom is 0.263 e. The highest BCUT2D eigenvalue weighted by molar-refractivity contribution is 7.90. The number of amides is 1. The van der Waals surface area contributed by atoms with Crippen LogP contribution >= 0.6 is 0 Å². The molecular weight excluding hydrogens is 364 g/mol. The Labute approximate surface area is 161 Å². The molecule has 27 heavy (non-hydrogen) atoms. The zero-order valence-corrected chi connectivity index (χ0v) is 17.0. The van der Waals surface area contributed by atoms with Gasteiger partial charge in [-0.25, -0.2) is 8.42 Å². The lowest BCUT2D eigenvalue weighted by molar-refractivity contribution is -0.134. The fourth-order valence-electron chi connectivity index (χ4n) is 3.54. The number of sulfonamides is 1. The van der Waals surface area contributed by atoms with E-state index < -0.39 is 16.1 Å². The number of rotatable bonds is 5. The Hall–Kier alpha value is -1.93. The van der Waals surface area contributed by atoms with Gasteiger partial charge >= 0.3 is 0 Å². The van der Waals surface area contributed by atoms with Crippen LogP contribution in [0.4, 0.5) is 0 Å². The Morgan fingerprint density at radius 1 is 1.19 bits per heavy atom. The molecule has 1 aromatic carbocycles. The summed E-state index contributed by atoms with van der Waals surface area (Å²) >= 11 is 0. The predicted octanol–water partition coefficient (Wildman–Crippen LogP) is 1.30. The fraction of sp³-hybridized carbons (Fsp3) is 0.579. The summed E-state index contributed by atoms with van der Waals surface area (Å²) < 4.78 is 27.1. The van der Waals surface area contributed by atoms with Crippen molar-refractivity contribution in [2.45, 2.75) is 38.1 Å². The van der Waals surface area contributed by atoms with Crippen LogP contribution in [0, 0.1) is 5.92 Å². The zero-order valence-electron chi connectivity index (χ0n) is 16.2. The number of benzene rings is 1. The SMILES string of the molecule is CCN1CCN(C(=O)C(CC(C)C)N=C2NS(=O)(=O)c3ccccc32)CC1. The molecule has 0 saturated carbocycles. The van der Waals surface area contributed by atoms with E-state index in [1.54, 1.807) is 24.3 Å². The van der Waals surface area contributed by atoms with E-state index in [1.807, 2.05) is 18.7 Å². The zero-order chi connectivity index (χ0) is 19.6. The lowest BCUT2D eigenvalue weighted by Crippen LogP contribution is -2.51. The van der Waals surface area contributed by atoms with Crippen molar-refractivity contribution in [3.63, 3.8) is 0 Å². The molecular formula is C19H28N4O3S. The quantitative estimate of drug-likeness (QED) is 0.819. The van der Waals surface area contributed by atoms with Crippen molar-refractivity contribution in [2.24, 2.45) is 10.9 Å². The first kappa shape index (κ1) is 19.8. The van der Waals surface area contributed by atoms with Gasteiger partial charge in [0, 0.05) is 31.7 Å². The molecule has 1 saturated heterocycles. The molecule has 1 fully saturated rings. The molecule has 0 aromatic heterocycles. The monoisotopic (exact) mass is 392 g/mol. The second-order valence-corrected chi connectivity index (χ2v) is 9.14. The summed E-state index contributed by atoms with van der Waals surface area (Å²) in [6.45, 7) is 10.3. The molecule has 148 valence electrons. The summed E-state index contributed by atoms with van der Waals surface area (Å²) in [4.78, 5) is 22.1. The van der Waals surface area contributed by atoms with E-state index in [-0.39, 0.29) is 22.6 Å². The highest BCUT2D eigenvalue weighted by atomic mass is 32.2. The van der Waals surface area contributed by atoms with E-state index in [0.717, 1.165) is 19.6 Å². The van der Waals surface area contributed by atoms with Gasteiger partial charge in [0.1, 0.15) is 11.9 Å². The normalized spacial score (nSPS) is 21.9. The molecule has 1 N–H and O–H groups in total. The van der Waals surface area contributed by atoms with Gasteiger partial charge in [0.15, 0.2) is 0 Å². The maximum absolute atomic E-state index is 13.1. The number of fused-ring (bicyclic) bond motifs is 1. The number of piperazine rings is 1. The second-order valence-electron chi connectivity index (χ2n) is 7.48. The number of amidine groups is 1. The van der Waals surface area contributed by atoms with E-state index in [4.69, 9.17) is 0 Å². The number of hydrogen-bond acceptors (Lipinski definition) is 5. The van der Waals surface area contributed by atoms with E-state index >= 15 is 0 Å². The van der Waals surface area contributed by atoms with Crippen molar-refractivity contribution in [1.82, 2.24) is 14.5 Å². The van der Waals surface area contributed by atoms with E-state index in [0.29, 0.717) is 25.1 Å². The van der Waals surface area contributed by atoms with Crippen LogP contribution < -0.4 is 4.72 Å². The van der Waals surface area contributed by atoms with Crippen LogP contribution in [-0.2, 0) is 14.8 Å². The van der Waals surface area contributed by atoms with Crippen LogP contribution in [0.15, 0.2) is 34.2 Å². The van der Waals surface area contributed by atoms with Gasteiger partial charge in [0.05, 0.1) is 4.90 Å². The largest absolute Gasteiger partial charge is 0.338 e. The van der Waals surface area contributed by atoms with Crippen molar-refractivity contribution < 1.29 is 13.2 Å². The standard InChI is InChI=1S/C19H28N4O3S/c1-4-22-9-11-23(12-10-22)19(24)16(13-14(2)3)20-18-15-7-5-6-8-17(15)27(25,26)21-18/h5-8,14,16H,4,9-13H2,1-3H3,(H,20,21). The maximum atomic E-state index is 13.1. The predicted molar refractivity (Wildman–Crippen MR) is 105 cm³/mol. The third kappa shape index (κ3) is 4.32. The van der Waals surface area contributed by atoms with Crippen molar-refractivity contribution in [3.8, 4) is 0 Å². The van der Waals surface area contributed by atoms with Crippen molar-refractivity contribution >= 4 is 21.8 Å². The van der Waals surface area contributed by atoms with Gasteiger partial charge in [0.25, 0.3) is 10.0 Å². The Morgan fingerprint density at radius 2 is 1.85 bits per heavy atom. The minimum Gasteiger partial charge on any atom is -0.338 e. The van der Waals surface area contributed by atoms with Gasteiger partial charge in [-0.15, -0.1) is 0 Å². The fourth-order valence-corrected chi connectivity index (χ4v) is 4.78. The molecule has 0 bridgehead atoms. The molecule has 0 radical (unpaired) electrons. The molecule has 7 nitrogen and oxygen atoms in total. The van der Waals surface area contributed by atoms with Crippen molar-refractivity contribution in [1.29, 1.82) is 0 Å².